The molecule has 7 nitrogen and oxygen atoms in total. The van der Waals surface area contributed by atoms with Gasteiger partial charge in [0.15, 0.2) is 11.0 Å². The number of hydrogen-bond donors (Lipinski definition) is 0. The molecule has 0 atom stereocenters. The third-order valence-electron chi connectivity index (χ3n) is 4.98. The van der Waals surface area contributed by atoms with Gasteiger partial charge in [0.1, 0.15) is 0 Å². The Balaban J connectivity index is 1.57. The van der Waals surface area contributed by atoms with Crippen LogP contribution in [0.25, 0.3) is 11.4 Å². The monoisotopic (exact) mass is 454 g/mol. The lowest BCUT2D eigenvalue weighted by Gasteiger charge is -2.21. The first-order valence-corrected chi connectivity index (χ1v) is 11.5. The molecule has 0 aliphatic carbocycles. The minimum Gasteiger partial charge on any atom is -0.311 e. The maximum absolute atomic E-state index is 13.1. The van der Waals surface area contributed by atoms with Crippen LogP contribution < -0.4 is 4.90 Å². The molecule has 0 spiro atoms. The number of benzene rings is 2. The van der Waals surface area contributed by atoms with Gasteiger partial charge in [-0.2, -0.15) is 5.26 Å². The van der Waals surface area contributed by atoms with Crippen LogP contribution >= 0.6 is 11.8 Å². The minimum atomic E-state index is -0.0822. The Hall–Kier alpha value is -3.96. The average molecular weight is 455 g/mol. The van der Waals surface area contributed by atoms with Crippen LogP contribution in [0.5, 0.6) is 0 Å². The SMILES string of the molecule is N#CCCN(C(=O)CSc1nnc(-c2ccncc2)n1Cc1ccccc1)c1ccccc1. The van der Waals surface area contributed by atoms with E-state index in [9.17, 15) is 4.79 Å². The summed E-state index contributed by atoms with van der Waals surface area (Å²) in [5.41, 5.74) is 2.80. The number of rotatable bonds is 9. The number of hydrogen-bond acceptors (Lipinski definition) is 6. The van der Waals surface area contributed by atoms with Gasteiger partial charge in [-0.3, -0.25) is 14.3 Å². The smallest absolute Gasteiger partial charge is 0.237 e. The Morgan fingerprint density at radius 2 is 1.67 bits per heavy atom. The minimum absolute atomic E-state index is 0.0822. The fourth-order valence-corrected chi connectivity index (χ4v) is 4.20. The number of pyridine rings is 1. The van der Waals surface area contributed by atoms with Gasteiger partial charge in [-0.05, 0) is 29.8 Å². The molecule has 164 valence electrons. The molecule has 8 heteroatoms. The van der Waals surface area contributed by atoms with Gasteiger partial charge >= 0.3 is 0 Å². The second-order valence-corrected chi connectivity index (χ2v) is 8.13. The lowest BCUT2D eigenvalue weighted by Crippen LogP contribution is -2.33. The topological polar surface area (TPSA) is 87.7 Å². The molecular formula is C25H22N6OS. The van der Waals surface area contributed by atoms with Crippen LogP contribution in [-0.4, -0.2) is 38.0 Å². The Bertz CT molecular complexity index is 1220. The maximum atomic E-state index is 13.1. The van der Waals surface area contributed by atoms with E-state index >= 15 is 0 Å². The molecule has 0 N–H and O–H groups in total. The second-order valence-electron chi connectivity index (χ2n) is 7.19. The van der Waals surface area contributed by atoms with Crippen molar-refractivity contribution in [3.05, 3.63) is 90.8 Å². The summed E-state index contributed by atoms with van der Waals surface area (Å²) < 4.78 is 2.02. The summed E-state index contributed by atoms with van der Waals surface area (Å²) >= 11 is 1.35. The Morgan fingerprint density at radius 3 is 2.36 bits per heavy atom. The van der Waals surface area contributed by atoms with Gasteiger partial charge in [0.2, 0.25) is 5.91 Å². The first-order valence-electron chi connectivity index (χ1n) is 10.5. The van der Waals surface area contributed by atoms with Crippen LogP contribution in [-0.2, 0) is 11.3 Å². The Morgan fingerprint density at radius 1 is 0.970 bits per heavy atom. The standard InChI is InChI=1S/C25H22N6OS/c26-14-7-17-30(22-10-5-2-6-11-22)23(32)19-33-25-29-28-24(21-12-15-27-16-13-21)31(25)18-20-8-3-1-4-9-20/h1-6,8-13,15-16H,7,17-19H2. The molecule has 4 aromatic rings. The summed E-state index contributed by atoms with van der Waals surface area (Å²) in [6.45, 7) is 0.928. The Labute approximate surface area is 196 Å². The van der Waals surface area contributed by atoms with E-state index in [1.54, 1.807) is 17.3 Å². The molecular weight excluding hydrogens is 432 g/mol. The molecule has 2 heterocycles. The molecule has 0 saturated heterocycles. The van der Waals surface area contributed by atoms with Gasteiger partial charge in [0, 0.05) is 30.2 Å². The van der Waals surface area contributed by atoms with E-state index in [1.165, 1.54) is 11.8 Å². The van der Waals surface area contributed by atoms with Crippen molar-refractivity contribution in [2.24, 2.45) is 0 Å². The summed E-state index contributed by atoms with van der Waals surface area (Å²) in [6, 6.07) is 25.4. The van der Waals surface area contributed by atoms with Crippen molar-refractivity contribution in [3.63, 3.8) is 0 Å². The van der Waals surface area contributed by atoms with Gasteiger partial charge < -0.3 is 4.90 Å². The molecule has 0 bridgehead atoms. The third-order valence-corrected chi connectivity index (χ3v) is 5.93. The zero-order valence-electron chi connectivity index (χ0n) is 17.9. The highest BCUT2D eigenvalue weighted by Crippen LogP contribution is 2.26. The lowest BCUT2D eigenvalue weighted by atomic mass is 10.2. The van der Waals surface area contributed by atoms with Gasteiger partial charge in [-0.15, -0.1) is 10.2 Å². The molecule has 2 aromatic heterocycles. The molecule has 4 rings (SSSR count). The number of para-hydroxylation sites is 1. The largest absolute Gasteiger partial charge is 0.311 e. The van der Waals surface area contributed by atoms with Crippen LogP contribution in [0, 0.1) is 11.3 Å². The zero-order chi connectivity index (χ0) is 22.9. The van der Waals surface area contributed by atoms with Gasteiger partial charge in [0.05, 0.1) is 24.8 Å². The van der Waals surface area contributed by atoms with Crippen LogP contribution in [0.2, 0.25) is 0 Å². The first kappa shape index (κ1) is 22.2. The number of carbonyl (C=O) groups excluding carboxylic acids is 1. The fourth-order valence-electron chi connectivity index (χ4n) is 3.39. The van der Waals surface area contributed by atoms with Crippen molar-refractivity contribution in [1.29, 1.82) is 5.26 Å². The number of carbonyl (C=O) groups is 1. The van der Waals surface area contributed by atoms with Crippen molar-refractivity contribution in [1.82, 2.24) is 19.7 Å². The van der Waals surface area contributed by atoms with E-state index in [0.29, 0.717) is 18.2 Å². The number of nitriles is 1. The van der Waals surface area contributed by atoms with E-state index in [1.807, 2.05) is 65.2 Å². The number of nitrogens with zero attached hydrogens (tertiary/aromatic N) is 6. The van der Waals surface area contributed by atoms with E-state index < -0.39 is 0 Å². The lowest BCUT2D eigenvalue weighted by molar-refractivity contribution is -0.116. The molecule has 0 radical (unpaired) electrons. The molecule has 0 unspecified atom stereocenters. The molecule has 33 heavy (non-hydrogen) atoms. The van der Waals surface area contributed by atoms with Gasteiger partial charge in [0.25, 0.3) is 0 Å². The average Bonchev–Trinajstić information content (AvgIpc) is 3.27. The highest BCUT2D eigenvalue weighted by atomic mass is 32.2. The van der Waals surface area contributed by atoms with E-state index in [0.717, 1.165) is 22.6 Å². The van der Waals surface area contributed by atoms with Crippen molar-refractivity contribution in [2.75, 3.05) is 17.2 Å². The predicted molar refractivity (Wildman–Crippen MR) is 129 cm³/mol. The summed E-state index contributed by atoms with van der Waals surface area (Å²) in [5, 5.41) is 18.5. The number of amides is 1. The van der Waals surface area contributed by atoms with E-state index in [4.69, 9.17) is 5.26 Å². The normalized spacial score (nSPS) is 10.5. The fraction of sp³-hybridized carbons (Fsp3) is 0.160. The zero-order valence-corrected chi connectivity index (χ0v) is 18.7. The van der Waals surface area contributed by atoms with Crippen LogP contribution in [0.1, 0.15) is 12.0 Å². The van der Waals surface area contributed by atoms with Gasteiger partial charge in [-0.25, -0.2) is 0 Å². The maximum Gasteiger partial charge on any atom is 0.237 e. The summed E-state index contributed by atoms with van der Waals surface area (Å²) in [4.78, 5) is 18.8. The quantitative estimate of drug-likeness (QED) is 0.348. The van der Waals surface area contributed by atoms with E-state index in [-0.39, 0.29) is 18.1 Å². The molecule has 0 aliphatic rings. The predicted octanol–water partition coefficient (Wildman–Crippen LogP) is 4.43. The molecule has 2 aromatic carbocycles. The van der Waals surface area contributed by atoms with Crippen molar-refractivity contribution < 1.29 is 4.79 Å². The van der Waals surface area contributed by atoms with Crippen molar-refractivity contribution >= 4 is 23.4 Å². The van der Waals surface area contributed by atoms with E-state index in [2.05, 4.69) is 33.4 Å². The third kappa shape index (κ3) is 5.64. The summed E-state index contributed by atoms with van der Waals surface area (Å²) in [6.07, 6.45) is 3.71. The number of thioether (sulfide) groups is 1. The Kier molecular flexibility index (Phi) is 7.46. The van der Waals surface area contributed by atoms with Crippen molar-refractivity contribution in [3.8, 4) is 17.5 Å². The summed E-state index contributed by atoms with van der Waals surface area (Å²) in [7, 11) is 0. The first-order chi connectivity index (χ1) is 16.3. The molecule has 1 amide bonds. The van der Waals surface area contributed by atoms with Crippen molar-refractivity contribution in [2.45, 2.75) is 18.1 Å². The highest BCUT2D eigenvalue weighted by molar-refractivity contribution is 7.99. The van der Waals surface area contributed by atoms with Crippen LogP contribution in [0.3, 0.4) is 0 Å². The highest BCUT2D eigenvalue weighted by Gasteiger charge is 2.19. The summed E-state index contributed by atoms with van der Waals surface area (Å²) in [5.74, 6) is 0.825. The second kappa shape index (κ2) is 11.1. The molecule has 0 aliphatic heterocycles. The molecule has 0 fully saturated rings. The number of aromatic nitrogens is 4. The number of anilines is 1. The molecule has 0 saturated carbocycles. The van der Waals surface area contributed by atoms with Gasteiger partial charge in [-0.1, -0.05) is 60.3 Å². The van der Waals surface area contributed by atoms with Crippen LogP contribution in [0.15, 0.2) is 90.3 Å². The van der Waals surface area contributed by atoms with Crippen LogP contribution in [0.4, 0.5) is 5.69 Å².